The summed E-state index contributed by atoms with van der Waals surface area (Å²) in [7, 11) is 0. The fraction of sp³-hybridized carbons (Fsp3) is 0.154. The van der Waals surface area contributed by atoms with Gasteiger partial charge < -0.3 is 5.32 Å². The molecule has 0 atom stereocenters. The van der Waals surface area contributed by atoms with Crippen LogP contribution in [-0.4, -0.2) is 15.9 Å². The summed E-state index contributed by atoms with van der Waals surface area (Å²) in [4.78, 5) is 20.4. The van der Waals surface area contributed by atoms with Crippen molar-refractivity contribution in [1.29, 1.82) is 0 Å². The molecule has 0 saturated heterocycles. The van der Waals surface area contributed by atoms with E-state index in [2.05, 4.69) is 31.2 Å². The van der Waals surface area contributed by atoms with Crippen molar-refractivity contribution < 1.29 is 4.79 Å². The highest BCUT2D eigenvalue weighted by atomic mass is 79.9. The monoisotopic (exact) mass is 339 g/mol. The Kier molecular flexibility index (Phi) is 4.17. The van der Waals surface area contributed by atoms with E-state index in [1.54, 1.807) is 25.1 Å². The minimum absolute atomic E-state index is 0.236. The van der Waals surface area contributed by atoms with Crippen LogP contribution in [0.1, 0.15) is 21.7 Å². The minimum Gasteiger partial charge on any atom is -0.320 e. The molecule has 0 fully saturated rings. The topological polar surface area (TPSA) is 54.9 Å². The zero-order valence-electron chi connectivity index (χ0n) is 10.4. The molecule has 0 unspecified atom stereocenters. The fourth-order valence-electron chi connectivity index (χ4n) is 1.62. The maximum atomic E-state index is 12.1. The Balaban J connectivity index is 2.25. The Bertz CT molecular complexity index is 626. The van der Waals surface area contributed by atoms with E-state index < -0.39 is 0 Å². The quantitative estimate of drug-likeness (QED) is 0.847. The summed E-state index contributed by atoms with van der Waals surface area (Å²) in [6.45, 7) is 3.61. The van der Waals surface area contributed by atoms with E-state index in [0.29, 0.717) is 22.1 Å². The normalized spacial score (nSPS) is 10.3. The maximum absolute atomic E-state index is 12.1. The molecule has 2 heterocycles. The first-order valence-electron chi connectivity index (χ1n) is 5.54. The molecule has 0 bridgehead atoms. The molecule has 2 rings (SSSR count). The van der Waals surface area contributed by atoms with Crippen molar-refractivity contribution in [2.24, 2.45) is 0 Å². The lowest BCUT2D eigenvalue weighted by Gasteiger charge is -2.08. The lowest BCUT2D eigenvalue weighted by Crippen LogP contribution is -2.13. The molecule has 0 aliphatic carbocycles. The van der Waals surface area contributed by atoms with Gasteiger partial charge in [0.2, 0.25) is 0 Å². The van der Waals surface area contributed by atoms with Gasteiger partial charge in [-0.1, -0.05) is 11.6 Å². The number of nitrogens with one attached hydrogen (secondary N) is 1. The van der Waals surface area contributed by atoms with E-state index in [1.807, 2.05) is 6.92 Å². The molecule has 0 radical (unpaired) electrons. The minimum atomic E-state index is -0.236. The van der Waals surface area contributed by atoms with Crippen LogP contribution in [-0.2, 0) is 0 Å². The van der Waals surface area contributed by atoms with E-state index in [9.17, 15) is 4.79 Å². The molecule has 1 N–H and O–H groups in total. The Morgan fingerprint density at radius 2 is 2.00 bits per heavy atom. The average molecular weight is 341 g/mol. The average Bonchev–Trinajstić information content (AvgIpc) is 2.31. The summed E-state index contributed by atoms with van der Waals surface area (Å²) in [6.07, 6.45) is 0. The molecule has 19 heavy (non-hydrogen) atoms. The van der Waals surface area contributed by atoms with Crippen molar-refractivity contribution in [3.8, 4) is 0 Å². The Hall–Kier alpha value is -1.46. The standard InChI is InChI=1S/C13H11BrClN3O/c1-7-5-9(6-12(15)16-7)13(19)18-10-3-4-11(14)17-8(10)2/h3-6H,1-2H3,(H,18,19). The smallest absolute Gasteiger partial charge is 0.255 e. The summed E-state index contributed by atoms with van der Waals surface area (Å²) in [5.74, 6) is -0.236. The predicted molar refractivity (Wildman–Crippen MR) is 78.6 cm³/mol. The number of aryl methyl sites for hydroxylation is 2. The van der Waals surface area contributed by atoms with Crippen molar-refractivity contribution in [2.75, 3.05) is 5.32 Å². The molecule has 0 saturated carbocycles. The van der Waals surface area contributed by atoms with Crippen LogP contribution >= 0.6 is 27.5 Å². The molecule has 0 spiro atoms. The van der Waals surface area contributed by atoms with Gasteiger partial charge in [-0.3, -0.25) is 4.79 Å². The van der Waals surface area contributed by atoms with Crippen molar-refractivity contribution in [3.63, 3.8) is 0 Å². The van der Waals surface area contributed by atoms with Crippen LogP contribution in [0.2, 0.25) is 5.15 Å². The Morgan fingerprint density at radius 3 is 2.63 bits per heavy atom. The third kappa shape index (κ3) is 3.52. The van der Waals surface area contributed by atoms with E-state index >= 15 is 0 Å². The number of nitrogens with zero attached hydrogens (tertiary/aromatic N) is 2. The number of halogens is 2. The van der Waals surface area contributed by atoms with Crippen LogP contribution in [0.25, 0.3) is 0 Å². The highest BCUT2D eigenvalue weighted by Crippen LogP contribution is 2.18. The first kappa shape index (κ1) is 14.0. The van der Waals surface area contributed by atoms with Crippen molar-refractivity contribution >= 4 is 39.1 Å². The van der Waals surface area contributed by atoms with Gasteiger partial charge >= 0.3 is 0 Å². The van der Waals surface area contributed by atoms with Gasteiger partial charge in [0, 0.05) is 11.3 Å². The molecule has 98 valence electrons. The molecule has 1 amide bonds. The summed E-state index contributed by atoms with van der Waals surface area (Å²) >= 11 is 9.12. The summed E-state index contributed by atoms with van der Waals surface area (Å²) in [5, 5.41) is 3.10. The zero-order valence-corrected chi connectivity index (χ0v) is 12.7. The van der Waals surface area contributed by atoms with Crippen molar-refractivity contribution in [3.05, 3.63) is 51.0 Å². The summed E-state index contributed by atoms with van der Waals surface area (Å²) in [6, 6.07) is 6.78. The molecule has 4 nitrogen and oxygen atoms in total. The second-order valence-electron chi connectivity index (χ2n) is 4.04. The molecule has 2 aromatic rings. The molecule has 0 aromatic carbocycles. The summed E-state index contributed by atoms with van der Waals surface area (Å²) in [5.41, 5.74) is 2.57. The summed E-state index contributed by atoms with van der Waals surface area (Å²) < 4.78 is 0.728. The van der Waals surface area contributed by atoms with Gasteiger partial charge in [-0.15, -0.1) is 0 Å². The number of carbonyl (C=O) groups excluding carboxylic acids is 1. The fourth-order valence-corrected chi connectivity index (χ4v) is 2.27. The number of rotatable bonds is 2. The van der Waals surface area contributed by atoms with Gasteiger partial charge in [0.1, 0.15) is 9.76 Å². The highest BCUT2D eigenvalue weighted by Gasteiger charge is 2.10. The van der Waals surface area contributed by atoms with E-state index in [0.717, 1.165) is 10.3 Å². The van der Waals surface area contributed by atoms with Crippen LogP contribution in [0.15, 0.2) is 28.9 Å². The van der Waals surface area contributed by atoms with Gasteiger partial charge in [-0.05, 0) is 54.0 Å². The Labute approximate surface area is 124 Å². The molecular formula is C13H11BrClN3O. The van der Waals surface area contributed by atoms with Crippen molar-refractivity contribution in [2.45, 2.75) is 13.8 Å². The lowest BCUT2D eigenvalue weighted by atomic mass is 10.2. The van der Waals surface area contributed by atoms with E-state index in [1.165, 1.54) is 6.07 Å². The van der Waals surface area contributed by atoms with Gasteiger partial charge in [0.05, 0.1) is 11.4 Å². The van der Waals surface area contributed by atoms with E-state index in [4.69, 9.17) is 11.6 Å². The molecule has 6 heteroatoms. The number of amides is 1. The first-order chi connectivity index (χ1) is 8.95. The predicted octanol–water partition coefficient (Wildman–Crippen LogP) is 3.76. The molecule has 2 aromatic heterocycles. The number of carbonyl (C=O) groups is 1. The number of hydrogen-bond donors (Lipinski definition) is 1. The number of pyridine rings is 2. The van der Waals surface area contributed by atoms with Gasteiger partial charge in [0.15, 0.2) is 0 Å². The zero-order chi connectivity index (χ0) is 14.0. The maximum Gasteiger partial charge on any atom is 0.255 e. The largest absolute Gasteiger partial charge is 0.320 e. The third-order valence-electron chi connectivity index (χ3n) is 2.48. The number of aromatic nitrogens is 2. The van der Waals surface area contributed by atoms with E-state index in [-0.39, 0.29) is 5.91 Å². The SMILES string of the molecule is Cc1cc(C(=O)Nc2ccc(Br)nc2C)cc(Cl)n1. The number of anilines is 1. The van der Waals surface area contributed by atoms with Gasteiger partial charge in [-0.25, -0.2) is 9.97 Å². The van der Waals surface area contributed by atoms with Gasteiger partial charge in [0.25, 0.3) is 5.91 Å². The second kappa shape index (κ2) is 5.67. The first-order valence-corrected chi connectivity index (χ1v) is 6.71. The van der Waals surface area contributed by atoms with Gasteiger partial charge in [-0.2, -0.15) is 0 Å². The second-order valence-corrected chi connectivity index (χ2v) is 5.24. The third-order valence-corrected chi connectivity index (χ3v) is 3.12. The van der Waals surface area contributed by atoms with Crippen molar-refractivity contribution in [1.82, 2.24) is 9.97 Å². The lowest BCUT2D eigenvalue weighted by molar-refractivity contribution is 0.102. The molecule has 0 aliphatic rings. The molecule has 0 aliphatic heterocycles. The Morgan fingerprint density at radius 1 is 1.26 bits per heavy atom. The number of hydrogen-bond acceptors (Lipinski definition) is 3. The van der Waals surface area contributed by atoms with Crippen LogP contribution in [0, 0.1) is 13.8 Å². The van der Waals surface area contributed by atoms with Crippen LogP contribution in [0.3, 0.4) is 0 Å². The van der Waals surface area contributed by atoms with Crippen LogP contribution in [0.4, 0.5) is 5.69 Å². The van der Waals surface area contributed by atoms with Crippen LogP contribution in [0.5, 0.6) is 0 Å². The molecular weight excluding hydrogens is 330 g/mol. The van der Waals surface area contributed by atoms with Crippen LogP contribution < -0.4 is 5.32 Å². The highest BCUT2D eigenvalue weighted by molar-refractivity contribution is 9.10.